The fourth-order valence-corrected chi connectivity index (χ4v) is 1.65. The lowest BCUT2D eigenvalue weighted by Crippen LogP contribution is -2.34. The van der Waals surface area contributed by atoms with Gasteiger partial charge in [0.25, 0.3) is 0 Å². The number of hydrogen-bond donors (Lipinski definition) is 2. The summed E-state index contributed by atoms with van der Waals surface area (Å²) < 4.78 is 0. The minimum Gasteiger partial charge on any atom is -0.378 e. The van der Waals surface area contributed by atoms with E-state index in [2.05, 4.69) is 58.9 Å². The molecule has 0 unspecified atom stereocenters. The molecule has 0 aliphatic rings. The Labute approximate surface area is 132 Å². The molecule has 1 aromatic carbocycles. The van der Waals surface area contributed by atoms with E-state index in [4.69, 9.17) is 12.2 Å². The summed E-state index contributed by atoms with van der Waals surface area (Å²) in [5, 5.41) is 7.67. The Balaban J connectivity index is 2.36. The van der Waals surface area contributed by atoms with Gasteiger partial charge in [-0.2, -0.15) is 5.10 Å². The number of benzene rings is 1. The lowest BCUT2D eigenvalue weighted by atomic mass is 10.2. The molecule has 0 saturated heterocycles. The summed E-state index contributed by atoms with van der Waals surface area (Å²) in [7, 11) is 4.05. The standard InChI is InChI=1S/C16H24N4S/c1-13(2)12-17-16(21)19-18-11-5-6-14-7-9-15(10-8-14)20(3)4/h5-11,13H,12H2,1-4H3,(H2,17,19,21). The van der Waals surface area contributed by atoms with E-state index in [0.717, 1.165) is 12.1 Å². The van der Waals surface area contributed by atoms with Crippen molar-refractivity contribution >= 4 is 35.3 Å². The van der Waals surface area contributed by atoms with Crippen molar-refractivity contribution in [2.75, 3.05) is 25.5 Å². The normalized spacial score (nSPS) is 11.3. The zero-order valence-corrected chi connectivity index (χ0v) is 13.9. The molecule has 0 aliphatic carbocycles. The summed E-state index contributed by atoms with van der Waals surface area (Å²) in [6.07, 6.45) is 5.56. The van der Waals surface area contributed by atoms with Gasteiger partial charge in [0, 0.05) is 32.5 Å². The lowest BCUT2D eigenvalue weighted by Gasteiger charge is -2.11. The Morgan fingerprint density at radius 3 is 2.52 bits per heavy atom. The van der Waals surface area contributed by atoms with Crippen LogP contribution in [0.4, 0.5) is 5.69 Å². The molecule has 2 N–H and O–H groups in total. The molecule has 0 aromatic heterocycles. The van der Waals surface area contributed by atoms with Crippen LogP contribution in [-0.4, -0.2) is 32.0 Å². The second kappa shape index (κ2) is 9.13. The fraction of sp³-hybridized carbons (Fsp3) is 0.375. The third kappa shape index (κ3) is 7.46. The van der Waals surface area contributed by atoms with E-state index in [1.54, 1.807) is 6.21 Å². The van der Waals surface area contributed by atoms with Crippen LogP contribution in [0.3, 0.4) is 0 Å². The summed E-state index contributed by atoms with van der Waals surface area (Å²) in [6, 6.07) is 8.31. The molecule has 0 atom stereocenters. The number of hydrazone groups is 1. The van der Waals surface area contributed by atoms with Crippen LogP contribution in [-0.2, 0) is 0 Å². The van der Waals surface area contributed by atoms with Crippen molar-refractivity contribution in [2.45, 2.75) is 13.8 Å². The highest BCUT2D eigenvalue weighted by Crippen LogP contribution is 2.12. The predicted octanol–water partition coefficient (Wildman–Crippen LogP) is 2.87. The number of allylic oxidation sites excluding steroid dienone is 1. The Hall–Kier alpha value is -1.88. The van der Waals surface area contributed by atoms with Crippen LogP contribution in [0.25, 0.3) is 6.08 Å². The van der Waals surface area contributed by atoms with E-state index in [1.165, 1.54) is 5.69 Å². The van der Waals surface area contributed by atoms with E-state index in [0.29, 0.717) is 11.0 Å². The van der Waals surface area contributed by atoms with E-state index in [-0.39, 0.29) is 0 Å². The molecular formula is C16H24N4S. The van der Waals surface area contributed by atoms with Gasteiger partial charge >= 0.3 is 0 Å². The number of nitrogens with zero attached hydrogens (tertiary/aromatic N) is 2. The predicted molar refractivity (Wildman–Crippen MR) is 96.9 cm³/mol. The highest BCUT2D eigenvalue weighted by Gasteiger charge is 1.95. The summed E-state index contributed by atoms with van der Waals surface area (Å²) in [5.41, 5.74) is 5.10. The SMILES string of the molecule is CC(C)CNC(=S)NN=CC=Cc1ccc(N(C)C)cc1. The highest BCUT2D eigenvalue weighted by atomic mass is 32.1. The topological polar surface area (TPSA) is 39.7 Å². The molecule has 114 valence electrons. The fourth-order valence-electron chi connectivity index (χ4n) is 1.51. The van der Waals surface area contributed by atoms with Gasteiger partial charge in [-0.25, -0.2) is 0 Å². The molecule has 0 heterocycles. The lowest BCUT2D eigenvalue weighted by molar-refractivity contribution is 0.621. The van der Waals surface area contributed by atoms with Crippen LogP contribution >= 0.6 is 12.2 Å². The Morgan fingerprint density at radius 1 is 1.29 bits per heavy atom. The minimum atomic E-state index is 0.545. The zero-order valence-electron chi connectivity index (χ0n) is 13.1. The molecular weight excluding hydrogens is 280 g/mol. The molecule has 4 nitrogen and oxygen atoms in total. The highest BCUT2D eigenvalue weighted by molar-refractivity contribution is 7.80. The van der Waals surface area contributed by atoms with Gasteiger partial charge in [0.2, 0.25) is 0 Å². The van der Waals surface area contributed by atoms with Crippen LogP contribution in [0, 0.1) is 5.92 Å². The third-order valence-electron chi connectivity index (χ3n) is 2.70. The maximum absolute atomic E-state index is 5.09. The van der Waals surface area contributed by atoms with E-state index >= 15 is 0 Å². The van der Waals surface area contributed by atoms with Gasteiger partial charge in [0.1, 0.15) is 0 Å². The quantitative estimate of drug-likeness (QED) is 0.482. The summed E-state index contributed by atoms with van der Waals surface area (Å²) in [6.45, 7) is 5.10. The van der Waals surface area contributed by atoms with Crippen molar-refractivity contribution in [3.63, 3.8) is 0 Å². The molecule has 5 heteroatoms. The van der Waals surface area contributed by atoms with Gasteiger partial charge in [-0.05, 0) is 41.9 Å². The summed E-state index contributed by atoms with van der Waals surface area (Å²) >= 11 is 5.09. The van der Waals surface area contributed by atoms with Gasteiger partial charge in [-0.1, -0.05) is 32.1 Å². The van der Waals surface area contributed by atoms with Gasteiger partial charge in [-0.3, -0.25) is 5.43 Å². The molecule has 0 saturated carbocycles. The van der Waals surface area contributed by atoms with E-state index in [1.807, 2.05) is 26.2 Å². The van der Waals surface area contributed by atoms with Crippen molar-refractivity contribution < 1.29 is 0 Å². The van der Waals surface area contributed by atoms with Gasteiger partial charge in [-0.15, -0.1) is 0 Å². The minimum absolute atomic E-state index is 0.545. The zero-order chi connectivity index (χ0) is 15.7. The molecule has 1 rings (SSSR count). The summed E-state index contributed by atoms with van der Waals surface area (Å²) in [5.74, 6) is 0.554. The average molecular weight is 304 g/mol. The smallest absolute Gasteiger partial charge is 0.186 e. The molecule has 1 aromatic rings. The van der Waals surface area contributed by atoms with Crippen LogP contribution in [0.1, 0.15) is 19.4 Å². The molecule has 0 aliphatic heterocycles. The van der Waals surface area contributed by atoms with Crippen LogP contribution in [0.5, 0.6) is 0 Å². The molecule has 0 radical (unpaired) electrons. The second-order valence-electron chi connectivity index (χ2n) is 5.34. The Bertz CT molecular complexity index is 490. The van der Waals surface area contributed by atoms with Crippen molar-refractivity contribution in [3.05, 3.63) is 35.9 Å². The van der Waals surface area contributed by atoms with Gasteiger partial charge < -0.3 is 10.2 Å². The first-order valence-electron chi connectivity index (χ1n) is 7.00. The Kier molecular flexibility index (Phi) is 7.46. The van der Waals surface area contributed by atoms with Gasteiger partial charge in [0.15, 0.2) is 5.11 Å². The first-order chi connectivity index (χ1) is 9.99. The third-order valence-corrected chi connectivity index (χ3v) is 2.93. The van der Waals surface area contributed by atoms with Gasteiger partial charge in [0.05, 0.1) is 0 Å². The van der Waals surface area contributed by atoms with Crippen molar-refractivity contribution in [1.82, 2.24) is 10.7 Å². The van der Waals surface area contributed by atoms with Crippen LogP contribution in [0.15, 0.2) is 35.4 Å². The first kappa shape index (κ1) is 17.2. The molecule has 0 fully saturated rings. The second-order valence-corrected chi connectivity index (χ2v) is 5.75. The number of nitrogens with one attached hydrogen (secondary N) is 2. The van der Waals surface area contributed by atoms with E-state index < -0.39 is 0 Å². The maximum atomic E-state index is 5.09. The maximum Gasteiger partial charge on any atom is 0.186 e. The van der Waals surface area contributed by atoms with Crippen molar-refractivity contribution in [1.29, 1.82) is 0 Å². The van der Waals surface area contributed by atoms with Crippen LogP contribution in [0.2, 0.25) is 0 Å². The van der Waals surface area contributed by atoms with Crippen molar-refractivity contribution in [2.24, 2.45) is 11.0 Å². The summed E-state index contributed by atoms with van der Waals surface area (Å²) in [4.78, 5) is 2.07. The monoisotopic (exact) mass is 304 g/mol. The van der Waals surface area contributed by atoms with E-state index in [9.17, 15) is 0 Å². The number of hydrogen-bond acceptors (Lipinski definition) is 3. The largest absolute Gasteiger partial charge is 0.378 e. The molecule has 0 bridgehead atoms. The number of anilines is 1. The number of thiocarbonyl (C=S) groups is 1. The molecule has 21 heavy (non-hydrogen) atoms. The number of rotatable bonds is 6. The first-order valence-corrected chi connectivity index (χ1v) is 7.41. The van der Waals surface area contributed by atoms with Crippen LogP contribution < -0.4 is 15.6 Å². The average Bonchev–Trinajstić information content (AvgIpc) is 2.45. The molecule has 0 spiro atoms. The molecule has 0 amide bonds. The van der Waals surface area contributed by atoms with Crippen molar-refractivity contribution in [3.8, 4) is 0 Å². The Morgan fingerprint density at radius 2 is 1.95 bits per heavy atom.